The van der Waals surface area contributed by atoms with Crippen molar-refractivity contribution in [3.63, 3.8) is 0 Å². The van der Waals surface area contributed by atoms with Gasteiger partial charge in [-0.2, -0.15) is 5.10 Å². The molecule has 0 unspecified atom stereocenters. The van der Waals surface area contributed by atoms with Gasteiger partial charge in [0.2, 0.25) is 5.88 Å². The number of aromatic nitrogens is 2. The van der Waals surface area contributed by atoms with Crippen LogP contribution >= 0.6 is 0 Å². The molecule has 1 aromatic carbocycles. The Balaban J connectivity index is 2.21. The number of anilines is 1. The van der Waals surface area contributed by atoms with Crippen molar-refractivity contribution in [2.75, 3.05) is 17.5 Å². The molecule has 2 aromatic rings. The van der Waals surface area contributed by atoms with E-state index in [4.69, 9.17) is 4.74 Å². The fourth-order valence-electron chi connectivity index (χ4n) is 2.71. The van der Waals surface area contributed by atoms with Crippen molar-refractivity contribution < 1.29 is 17.5 Å². The van der Waals surface area contributed by atoms with Gasteiger partial charge in [0.05, 0.1) is 12.2 Å². The summed E-state index contributed by atoms with van der Waals surface area (Å²) >= 11 is 0. The molecule has 8 heteroatoms. The maximum absolute atomic E-state index is 14.1. The van der Waals surface area contributed by atoms with Gasteiger partial charge < -0.3 is 4.74 Å². The zero-order chi connectivity index (χ0) is 16.1. The fourth-order valence-corrected chi connectivity index (χ4v) is 4.48. The Hall–Kier alpha value is -2.09. The van der Waals surface area contributed by atoms with Crippen molar-refractivity contribution in [1.29, 1.82) is 0 Å². The van der Waals surface area contributed by atoms with Gasteiger partial charge in [0.25, 0.3) is 10.0 Å². The Labute approximate surface area is 128 Å². The highest BCUT2D eigenvalue weighted by Crippen LogP contribution is 2.38. The van der Waals surface area contributed by atoms with E-state index in [1.807, 2.05) is 0 Å². The van der Waals surface area contributed by atoms with E-state index >= 15 is 0 Å². The van der Waals surface area contributed by atoms with Gasteiger partial charge in [0.15, 0.2) is 0 Å². The number of hydrogen-bond acceptors (Lipinski definition) is 4. The first-order valence-corrected chi connectivity index (χ1v) is 8.22. The summed E-state index contributed by atoms with van der Waals surface area (Å²) in [7, 11) is -2.34. The molecule has 22 heavy (non-hydrogen) atoms. The lowest BCUT2D eigenvalue weighted by atomic mass is 10.2. The van der Waals surface area contributed by atoms with Gasteiger partial charge in [-0.15, -0.1) is 0 Å². The summed E-state index contributed by atoms with van der Waals surface area (Å²) in [5.41, 5.74) is 1.26. The molecule has 0 amide bonds. The Morgan fingerprint density at radius 2 is 2.05 bits per heavy atom. The summed E-state index contributed by atoms with van der Waals surface area (Å²) in [4.78, 5) is -0.300. The molecular weight excluding hydrogens is 309 g/mol. The molecule has 3 rings (SSSR count). The predicted octanol–water partition coefficient (Wildman–Crippen LogP) is 1.76. The second kappa shape index (κ2) is 4.98. The molecule has 0 N–H and O–H groups in total. The SMILES string of the molecule is Cc1cccc(F)c1S(=O)(=O)N1CCOc2c1c(C)nn2C. The summed E-state index contributed by atoms with van der Waals surface area (Å²) < 4.78 is 48.2. The van der Waals surface area contributed by atoms with Gasteiger partial charge in [-0.3, -0.25) is 4.31 Å². The number of ether oxygens (including phenoxy) is 1. The van der Waals surface area contributed by atoms with Crippen LogP contribution in [0.5, 0.6) is 5.88 Å². The van der Waals surface area contributed by atoms with Crippen LogP contribution in [0.1, 0.15) is 11.3 Å². The molecule has 0 spiro atoms. The lowest BCUT2D eigenvalue weighted by molar-refractivity contribution is 0.288. The van der Waals surface area contributed by atoms with Crippen molar-refractivity contribution in [3.8, 4) is 5.88 Å². The number of rotatable bonds is 2. The largest absolute Gasteiger partial charge is 0.474 e. The molecule has 0 radical (unpaired) electrons. The number of hydrogen-bond donors (Lipinski definition) is 0. The van der Waals surface area contributed by atoms with Crippen LogP contribution in [-0.2, 0) is 17.1 Å². The van der Waals surface area contributed by atoms with Crippen LogP contribution in [0.3, 0.4) is 0 Å². The van der Waals surface area contributed by atoms with Crippen LogP contribution in [0.15, 0.2) is 23.1 Å². The zero-order valence-corrected chi connectivity index (χ0v) is 13.3. The third-order valence-electron chi connectivity index (χ3n) is 3.63. The molecule has 0 saturated heterocycles. The van der Waals surface area contributed by atoms with E-state index < -0.39 is 15.8 Å². The minimum Gasteiger partial charge on any atom is -0.474 e. The van der Waals surface area contributed by atoms with Crippen LogP contribution in [0.4, 0.5) is 10.1 Å². The summed E-state index contributed by atoms with van der Waals surface area (Å²) in [5, 5.41) is 4.19. The van der Waals surface area contributed by atoms with Crippen molar-refractivity contribution in [1.82, 2.24) is 9.78 Å². The van der Waals surface area contributed by atoms with Crippen LogP contribution in [0.25, 0.3) is 0 Å². The normalized spacial score (nSPS) is 14.6. The first-order valence-electron chi connectivity index (χ1n) is 6.78. The van der Waals surface area contributed by atoms with E-state index in [0.29, 0.717) is 22.8 Å². The van der Waals surface area contributed by atoms with Crippen LogP contribution in [0, 0.1) is 19.7 Å². The Morgan fingerprint density at radius 3 is 2.73 bits per heavy atom. The first kappa shape index (κ1) is 14.8. The highest BCUT2D eigenvalue weighted by atomic mass is 32.2. The fraction of sp³-hybridized carbons (Fsp3) is 0.357. The quantitative estimate of drug-likeness (QED) is 0.844. The van der Waals surface area contributed by atoms with E-state index in [1.54, 1.807) is 27.0 Å². The van der Waals surface area contributed by atoms with Crippen molar-refractivity contribution in [3.05, 3.63) is 35.3 Å². The molecule has 1 aliphatic rings. The average molecular weight is 325 g/mol. The van der Waals surface area contributed by atoms with Gasteiger partial charge in [0, 0.05) is 7.05 Å². The minimum absolute atomic E-state index is 0.121. The summed E-state index contributed by atoms with van der Waals surface area (Å²) in [5.74, 6) is -0.379. The minimum atomic E-state index is -4.02. The van der Waals surface area contributed by atoms with Gasteiger partial charge in [0.1, 0.15) is 23.0 Å². The van der Waals surface area contributed by atoms with E-state index in [0.717, 1.165) is 6.07 Å². The highest BCUT2D eigenvalue weighted by molar-refractivity contribution is 7.93. The number of fused-ring (bicyclic) bond motifs is 1. The van der Waals surface area contributed by atoms with Crippen LogP contribution < -0.4 is 9.04 Å². The monoisotopic (exact) mass is 325 g/mol. The zero-order valence-electron chi connectivity index (χ0n) is 12.5. The van der Waals surface area contributed by atoms with E-state index in [2.05, 4.69) is 5.10 Å². The lowest BCUT2D eigenvalue weighted by Gasteiger charge is -2.29. The standard InChI is InChI=1S/C14H16FN3O3S/c1-9-5-4-6-11(15)13(9)22(19,20)18-7-8-21-14-12(18)10(2)16-17(14)3/h4-6H,7-8H2,1-3H3. The molecule has 0 bridgehead atoms. The maximum atomic E-state index is 14.1. The second-order valence-corrected chi connectivity index (χ2v) is 6.97. The predicted molar refractivity (Wildman–Crippen MR) is 79.1 cm³/mol. The molecule has 0 aliphatic carbocycles. The molecule has 2 heterocycles. The number of aryl methyl sites for hydroxylation is 3. The summed E-state index contributed by atoms with van der Waals surface area (Å²) in [6.45, 7) is 3.59. The van der Waals surface area contributed by atoms with E-state index in [9.17, 15) is 12.8 Å². The number of sulfonamides is 1. The average Bonchev–Trinajstić information content (AvgIpc) is 2.74. The molecule has 0 fully saturated rings. The molecule has 1 aromatic heterocycles. The third-order valence-corrected chi connectivity index (χ3v) is 5.61. The second-order valence-electron chi connectivity index (χ2n) is 5.17. The third kappa shape index (κ3) is 2.06. The van der Waals surface area contributed by atoms with Crippen LogP contribution in [0.2, 0.25) is 0 Å². The number of benzene rings is 1. The van der Waals surface area contributed by atoms with Gasteiger partial charge >= 0.3 is 0 Å². The van der Waals surface area contributed by atoms with Crippen molar-refractivity contribution >= 4 is 15.7 Å². The van der Waals surface area contributed by atoms with Gasteiger partial charge in [-0.1, -0.05) is 12.1 Å². The summed E-state index contributed by atoms with van der Waals surface area (Å²) in [6.07, 6.45) is 0. The lowest BCUT2D eigenvalue weighted by Crippen LogP contribution is -2.39. The van der Waals surface area contributed by atoms with E-state index in [-0.39, 0.29) is 18.0 Å². The van der Waals surface area contributed by atoms with Crippen molar-refractivity contribution in [2.24, 2.45) is 7.05 Å². The molecule has 118 valence electrons. The smallest absolute Gasteiger partial charge is 0.267 e. The molecular formula is C14H16FN3O3S. The van der Waals surface area contributed by atoms with Crippen LogP contribution in [-0.4, -0.2) is 31.3 Å². The highest BCUT2D eigenvalue weighted by Gasteiger charge is 2.36. The summed E-state index contributed by atoms with van der Waals surface area (Å²) in [6, 6.07) is 4.22. The number of nitrogens with zero attached hydrogens (tertiary/aromatic N) is 3. The Morgan fingerprint density at radius 1 is 1.32 bits per heavy atom. The van der Waals surface area contributed by atoms with Gasteiger partial charge in [-0.25, -0.2) is 17.5 Å². The molecule has 0 atom stereocenters. The topological polar surface area (TPSA) is 64.4 Å². The van der Waals surface area contributed by atoms with E-state index in [1.165, 1.54) is 15.1 Å². The number of halogens is 1. The Kier molecular flexibility index (Phi) is 3.36. The van der Waals surface area contributed by atoms with Crippen molar-refractivity contribution in [2.45, 2.75) is 18.7 Å². The van der Waals surface area contributed by atoms with Gasteiger partial charge in [-0.05, 0) is 25.5 Å². The molecule has 6 nitrogen and oxygen atoms in total. The molecule has 1 aliphatic heterocycles. The molecule has 0 saturated carbocycles. The maximum Gasteiger partial charge on any atom is 0.267 e. The Bertz CT molecular complexity index is 825. The first-order chi connectivity index (χ1) is 10.3.